The number of para-hydroxylation sites is 2. The van der Waals surface area contributed by atoms with E-state index in [0.717, 1.165) is 56.6 Å². The number of aromatic nitrogens is 1. The Labute approximate surface area is 192 Å². The lowest BCUT2D eigenvalue weighted by molar-refractivity contribution is -0.342. The van der Waals surface area contributed by atoms with Gasteiger partial charge in [0.05, 0.1) is 16.7 Å². The van der Waals surface area contributed by atoms with Crippen LogP contribution in [0.25, 0.3) is 22.0 Å². The third kappa shape index (κ3) is 5.09. The molecule has 4 aromatic rings. The molecule has 0 saturated carbocycles. The number of benzene rings is 3. The molecular formula is C24H17F3N2O4S. The average Bonchev–Trinajstić information content (AvgIpc) is 3.38. The predicted molar refractivity (Wildman–Crippen MR) is 121 cm³/mol. The van der Waals surface area contributed by atoms with Crippen molar-refractivity contribution < 1.29 is 35.7 Å². The summed E-state index contributed by atoms with van der Waals surface area (Å²) in [4.78, 5) is 6.55. The highest BCUT2D eigenvalue weighted by molar-refractivity contribution is 7.79. The van der Waals surface area contributed by atoms with Crippen LogP contribution in [0.1, 0.15) is 22.3 Å². The fourth-order valence-corrected chi connectivity index (χ4v) is 3.84. The quantitative estimate of drug-likeness (QED) is 0.295. The van der Waals surface area contributed by atoms with Crippen molar-refractivity contribution in [2.75, 3.05) is 0 Å². The van der Waals surface area contributed by atoms with Crippen LogP contribution in [0.2, 0.25) is 0 Å². The number of aromatic amines is 1. The maximum atomic E-state index is 13.1. The summed E-state index contributed by atoms with van der Waals surface area (Å²) in [7, 11) is -4.92. The first-order valence-electron chi connectivity index (χ1n) is 9.88. The Kier molecular flexibility index (Phi) is 6.13. The van der Waals surface area contributed by atoms with Crippen LogP contribution >= 0.6 is 0 Å². The molecule has 1 aliphatic rings. The maximum absolute atomic E-state index is 13.1. The van der Waals surface area contributed by atoms with Crippen LogP contribution < -0.4 is 4.99 Å². The second kappa shape index (κ2) is 8.90. The number of H-pyrrole nitrogens is 1. The number of allylic oxidation sites excluding steroid dienone is 1. The van der Waals surface area contributed by atoms with Gasteiger partial charge in [-0.2, -0.15) is 13.2 Å². The van der Waals surface area contributed by atoms with Crippen LogP contribution in [-0.2, 0) is 16.6 Å². The Morgan fingerprint density at radius 3 is 2.24 bits per heavy atom. The van der Waals surface area contributed by atoms with E-state index >= 15 is 0 Å². The lowest BCUT2D eigenvalue weighted by atomic mass is 9.89. The first-order chi connectivity index (χ1) is 16.0. The van der Waals surface area contributed by atoms with Gasteiger partial charge in [-0.25, -0.2) is 13.4 Å². The van der Waals surface area contributed by atoms with E-state index in [-0.39, 0.29) is 0 Å². The summed E-state index contributed by atoms with van der Waals surface area (Å²) in [5.74, 6) is 0. The van der Waals surface area contributed by atoms with Crippen LogP contribution in [0, 0.1) is 0 Å². The van der Waals surface area contributed by atoms with Crippen molar-refractivity contribution in [1.82, 2.24) is 4.98 Å². The first kappa shape index (κ1) is 23.4. The Balaban J connectivity index is 0.000000499. The molecule has 1 aliphatic heterocycles. The van der Waals surface area contributed by atoms with Gasteiger partial charge in [0.2, 0.25) is 16.1 Å². The molecule has 0 aliphatic carbocycles. The van der Waals surface area contributed by atoms with E-state index in [1.807, 2.05) is 60.9 Å². The van der Waals surface area contributed by atoms with E-state index in [4.69, 9.17) is 17.5 Å². The van der Waals surface area contributed by atoms with E-state index in [1.54, 1.807) is 12.1 Å². The summed E-state index contributed by atoms with van der Waals surface area (Å²) in [5.41, 5.74) is 5.83. The highest BCUT2D eigenvalue weighted by atomic mass is 32.3. The fourth-order valence-electron chi connectivity index (χ4n) is 3.84. The van der Waals surface area contributed by atoms with Crippen molar-refractivity contribution in [3.8, 4) is 0 Å². The molecule has 5 rings (SSSR count). The van der Waals surface area contributed by atoms with E-state index in [0.29, 0.717) is 0 Å². The molecule has 1 aromatic heterocycles. The minimum Gasteiger partial charge on any atom is -0.726 e. The van der Waals surface area contributed by atoms with Gasteiger partial charge in [0.25, 0.3) is 0 Å². The number of nitrogens with one attached hydrogen (secondary N) is 2. The number of fused-ring (bicyclic) bond motifs is 2. The van der Waals surface area contributed by atoms with Crippen LogP contribution in [0.3, 0.4) is 0 Å². The summed E-state index contributed by atoms with van der Waals surface area (Å²) >= 11 is 0. The van der Waals surface area contributed by atoms with Crippen LogP contribution in [0.5, 0.6) is 0 Å². The zero-order valence-electron chi connectivity index (χ0n) is 17.3. The summed E-state index contributed by atoms with van der Waals surface area (Å²) in [5, 5.41) is 1.02. The normalized spacial score (nSPS) is 14.5. The third-order valence-corrected chi connectivity index (χ3v) is 5.22. The maximum Gasteiger partial charge on any atom is 0.416 e. The number of alkyl halides is 3. The largest absolute Gasteiger partial charge is 0.726 e. The summed E-state index contributed by atoms with van der Waals surface area (Å²) in [6.07, 6.45) is -0.529. The van der Waals surface area contributed by atoms with Gasteiger partial charge >= 0.3 is 6.18 Å². The summed E-state index contributed by atoms with van der Waals surface area (Å²) < 4.78 is 72.0. The van der Waals surface area contributed by atoms with Crippen molar-refractivity contribution >= 4 is 44.4 Å². The fraction of sp³-hybridized carbons (Fsp3) is 0.0417. The molecule has 6 nitrogen and oxygen atoms in total. The minimum absolute atomic E-state index is 0.654. The average molecular weight is 486 g/mol. The van der Waals surface area contributed by atoms with Gasteiger partial charge in [-0.3, -0.25) is 4.55 Å². The van der Waals surface area contributed by atoms with Gasteiger partial charge < -0.3 is 9.54 Å². The number of hydrogen-bond acceptors (Lipinski definition) is 3. The van der Waals surface area contributed by atoms with E-state index in [2.05, 4.69) is 9.98 Å². The van der Waals surface area contributed by atoms with E-state index in [9.17, 15) is 13.2 Å². The lowest BCUT2D eigenvalue weighted by Crippen LogP contribution is -2.58. The molecule has 3 aromatic carbocycles. The second-order valence-corrected chi connectivity index (χ2v) is 8.23. The molecule has 0 atom stereocenters. The third-order valence-electron chi connectivity index (χ3n) is 5.22. The predicted octanol–water partition coefficient (Wildman–Crippen LogP) is 3.95. The van der Waals surface area contributed by atoms with Crippen molar-refractivity contribution in [2.45, 2.75) is 6.18 Å². The van der Waals surface area contributed by atoms with Crippen molar-refractivity contribution in [2.24, 2.45) is 0 Å². The van der Waals surface area contributed by atoms with E-state index < -0.39 is 22.1 Å². The molecular weight excluding hydrogens is 469 g/mol. The molecule has 0 radical (unpaired) electrons. The lowest BCUT2D eigenvalue weighted by Gasteiger charge is -2.12. The highest BCUT2D eigenvalue weighted by Gasteiger charge is 2.31. The SMILES string of the molecule is FC(F)(F)c1ccc(C(=C2C=[NH+]c3ccccc32)c2c[nH]c3ccccc23)cc1.O=S(=O)([O-])O. The van der Waals surface area contributed by atoms with Gasteiger partial charge in [0.1, 0.15) is 0 Å². The standard InChI is InChI=1S/C24H15F3N2.H2O4S/c25-24(26,27)16-11-9-15(10-12-16)23(19-13-28-21-7-3-1-5-17(19)21)20-14-29-22-8-4-2-6-18(20)22;1-5(2,3)4/h1-14,28H;(H2,1,2,3,4). The topological polar surface area (TPSA) is 107 Å². The van der Waals surface area contributed by atoms with Gasteiger partial charge in [0, 0.05) is 34.3 Å². The van der Waals surface area contributed by atoms with Gasteiger partial charge in [-0.1, -0.05) is 42.5 Å². The van der Waals surface area contributed by atoms with Gasteiger partial charge in [-0.05, 0) is 29.8 Å². The van der Waals surface area contributed by atoms with Crippen LogP contribution in [0.15, 0.2) is 79.0 Å². The van der Waals surface area contributed by atoms with Crippen LogP contribution in [-0.4, -0.2) is 28.7 Å². The molecule has 174 valence electrons. The second-order valence-electron chi connectivity index (χ2n) is 7.37. The van der Waals surface area contributed by atoms with Gasteiger partial charge in [0.15, 0.2) is 6.21 Å². The Morgan fingerprint density at radius 2 is 1.56 bits per heavy atom. The van der Waals surface area contributed by atoms with Gasteiger partial charge in [-0.15, -0.1) is 0 Å². The van der Waals surface area contributed by atoms with Crippen molar-refractivity contribution in [3.05, 3.63) is 101 Å². The smallest absolute Gasteiger partial charge is 0.416 e. The van der Waals surface area contributed by atoms with Crippen LogP contribution in [0.4, 0.5) is 18.9 Å². The molecule has 3 N–H and O–H groups in total. The minimum atomic E-state index is -4.92. The number of hydrogen-bond donors (Lipinski definition) is 3. The Bertz CT molecular complexity index is 1510. The number of halogens is 3. The zero-order chi connectivity index (χ0) is 24.5. The molecule has 10 heteroatoms. The molecule has 0 unspecified atom stereocenters. The summed E-state index contributed by atoms with van der Waals surface area (Å²) in [6.45, 7) is 0. The highest BCUT2D eigenvalue weighted by Crippen LogP contribution is 2.38. The molecule has 0 amide bonds. The molecule has 0 spiro atoms. The number of rotatable bonds is 2. The van der Waals surface area contributed by atoms with E-state index in [1.165, 1.54) is 0 Å². The molecule has 2 heterocycles. The van der Waals surface area contributed by atoms with Crippen molar-refractivity contribution in [1.29, 1.82) is 0 Å². The monoisotopic (exact) mass is 486 g/mol. The van der Waals surface area contributed by atoms with Crippen molar-refractivity contribution in [3.63, 3.8) is 0 Å². The molecule has 34 heavy (non-hydrogen) atoms. The molecule has 0 saturated heterocycles. The molecule has 0 fully saturated rings. The Hall–Kier alpha value is -3.73. The molecule has 0 bridgehead atoms. The zero-order valence-corrected chi connectivity index (χ0v) is 18.1. The summed E-state index contributed by atoms with van der Waals surface area (Å²) in [6, 6.07) is 21.2. The first-order valence-corrected chi connectivity index (χ1v) is 11.2. The Morgan fingerprint density at radius 1 is 0.941 bits per heavy atom.